The van der Waals surface area contributed by atoms with Crippen LogP contribution < -0.4 is 0 Å². The van der Waals surface area contributed by atoms with E-state index in [1.54, 1.807) is 13.8 Å². The van der Waals surface area contributed by atoms with Crippen LogP contribution in [-0.4, -0.2) is 45.1 Å². The van der Waals surface area contributed by atoms with Gasteiger partial charge in [-0.1, -0.05) is 0 Å². The highest BCUT2D eigenvalue weighted by molar-refractivity contribution is 7.91. The standard InChI is InChI=1S/C10H16O6S/c1-4-15-8(11)10(9(12)16-5-2)6-7(10)17(3,13)14/h7H,4-6H2,1-3H3. The summed E-state index contributed by atoms with van der Waals surface area (Å²) in [7, 11) is -3.47. The molecule has 1 unspecified atom stereocenters. The largest absolute Gasteiger partial charge is 0.465 e. The number of carbonyl (C=O) groups is 2. The van der Waals surface area contributed by atoms with Gasteiger partial charge in [-0.2, -0.15) is 0 Å². The van der Waals surface area contributed by atoms with Crippen LogP contribution in [0.5, 0.6) is 0 Å². The van der Waals surface area contributed by atoms with Gasteiger partial charge in [0.1, 0.15) is 0 Å². The summed E-state index contributed by atoms with van der Waals surface area (Å²) in [4.78, 5) is 23.4. The molecule has 1 rings (SSSR count). The zero-order valence-corrected chi connectivity index (χ0v) is 10.9. The summed E-state index contributed by atoms with van der Waals surface area (Å²) in [5, 5.41) is -1.02. The molecule has 0 saturated heterocycles. The van der Waals surface area contributed by atoms with Gasteiger partial charge in [-0.3, -0.25) is 9.59 Å². The van der Waals surface area contributed by atoms with Crippen LogP contribution in [0.15, 0.2) is 0 Å². The van der Waals surface area contributed by atoms with Crippen molar-refractivity contribution in [1.29, 1.82) is 0 Å². The van der Waals surface area contributed by atoms with Gasteiger partial charge in [-0.05, 0) is 20.3 Å². The minimum Gasteiger partial charge on any atom is -0.465 e. The molecule has 1 fully saturated rings. The highest BCUT2D eigenvalue weighted by Crippen LogP contribution is 2.52. The van der Waals surface area contributed by atoms with Crippen molar-refractivity contribution < 1.29 is 27.5 Å². The van der Waals surface area contributed by atoms with E-state index in [2.05, 4.69) is 0 Å². The van der Waals surface area contributed by atoms with E-state index in [0.29, 0.717) is 0 Å². The first kappa shape index (κ1) is 14.0. The predicted octanol–water partition coefficient (Wildman–Crippen LogP) is -0.0841. The number of hydrogen-bond donors (Lipinski definition) is 0. The molecule has 0 aliphatic heterocycles. The third-order valence-electron chi connectivity index (χ3n) is 2.69. The molecule has 7 heteroatoms. The first-order valence-electron chi connectivity index (χ1n) is 5.34. The Balaban J connectivity index is 2.99. The van der Waals surface area contributed by atoms with Crippen LogP contribution >= 0.6 is 0 Å². The average Bonchev–Trinajstić information content (AvgIpc) is 2.94. The van der Waals surface area contributed by atoms with Crippen LogP contribution in [0.2, 0.25) is 0 Å². The Morgan fingerprint density at radius 3 is 1.82 bits per heavy atom. The van der Waals surface area contributed by atoms with Crippen LogP contribution in [0.4, 0.5) is 0 Å². The van der Waals surface area contributed by atoms with Gasteiger partial charge in [-0.25, -0.2) is 8.42 Å². The fraction of sp³-hybridized carbons (Fsp3) is 0.800. The molecule has 0 radical (unpaired) electrons. The lowest BCUT2D eigenvalue weighted by Crippen LogP contribution is -2.35. The smallest absolute Gasteiger partial charge is 0.324 e. The zero-order valence-electron chi connectivity index (χ0n) is 10.1. The molecule has 0 aromatic carbocycles. The zero-order chi connectivity index (χ0) is 13.3. The third kappa shape index (κ3) is 2.43. The highest BCUT2D eigenvalue weighted by atomic mass is 32.2. The molecule has 1 saturated carbocycles. The number of sulfone groups is 1. The second-order valence-electron chi connectivity index (χ2n) is 3.93. The van der Waals surface area contributed by atoms with E-state index in [0.717, 1.165) is 6.26 Å². The summed E-state index contributed by atoms with van der Waals surface area (Å²) in [6.07, 6.45) is 0.946. The van der Waals surface area contributed by atoms with Crippen LogP contribution in [0.25, 0.3) is 0 Å². The number of rotatable bonds is 5. The van der Waals surface area contributed by atoms with Crippen molar-refractivity contribution in [3.05, 3.63) is 0 Å². The number of esters is 2. The molecule has 0 aromatic heterocycles. The van der Waals surface area contributed by atoms with Crippen LogP contribution in [-0.2, 0) is 28.9 Å². The minimum absolute atomic E-state index is 0.0521. The average molecular weight is 264 g/mol. The second-order valence-corrected chi connectivity index (χ2v) is 6.16. The van der Waals surface area contributed by atoms with Crippen molar-refractivity contribution in [3.8, 4) is 0 Å². The van der Waals surface area contributed by atoms with Gasteiger partial charge >= 0.3 is 11.9 Å². The molecule has 0 amide bonds. The lowest BCUT2D eigenvalue weighted by molar-refractivity contribution is -0.163. The molecule has 1 atom stereocenters. The maximum Gasteiger partial charge on any atom is 0.324 e. The monoisotopic (exact) mass is 264 g/mol. The van der Waals surface area contributed by atoms with E-state index in [1.807, 2.05) is 0 Å². The first-order valence-corrected chi connectivity index (χ1v) is 7.29. The van der Waals surface area contributed by atoms with Crippen LogP contribution in [0, 0.1) is 5.41 Å². The van der Waals surface area contributed by atoms with Gasteiger partial charge in [0.15, 0.2) is 15.3 Å². The number of ether oxygens (including phenoxy) is 2. The lowest BCUT2D eigenvalue weighted by Gasteiger charge is -2.13. The quantitative estimate of drug-likeness (QED) is 0.509. The minimum atomic E-state index is -3.47. The molecular formula is C10H16O6S. The Kier molecular flexibility index (Phi) is 3.81. The fourth-order valence-corrected chi connectivity index (χ4v) is 3.27. The van der Waals surface area contributed by atoms with E-state index in [9.17, 15) is 18.0 Å². The molecule has 0 spiro atoms. The molecule has 6 nitrogen and oxygen atoms in total. The fourth-order valence-electron chi connectivity index (χ4n) is 1.78. The van der Waals surface area contributed by atoms with E-state index < -0.39 is 32.4 Å². The van der Waals surface area contributed by atoms with Crippen molar-refractivity contribution in [2.75, 3.05) is 19.5 Å². The molecule has 0 aromatic rings. The predicted molar refractivity (Wildman–Crippen MR) is 58.9 cm³/mol. The van der Waals surface area contributed by atoms with Crippen LogP contribution in [0.3, 0.4) is 0 Å². The van der Waals surface area contributed by atoms with Gasteiger partial charge in [0.2, 0.25) is 0 Å². The van der Waals surface area contributed by atoms with E-state index in [1.165, 1.54) is 0 Å². The molecule has 0 heterocycles. The molecular weight excluding hydrogens is 248 g/mol. The molecule has 1 aliphatic carbocycles. The summed E-state index contributed by atoms with van der Waals surface area (Å²) < 4.78 is 32.3. The SMILES string of the molecule is CCOC(=O)C1(C(=O)OCC)CC1S(C)(=O)=O. The second kappa shape index (κ2) is 4.64. The van der Waals surface area contributed by atoms with E-state index >= 15 is 0 Å². The Labute approximate surface area is 100 Å². The van der Waals surface area contributed by atoms with Gasteiger partial charge in [0.25, 0.3) is 0 Å². The van der Waals surface area contributed by atoms with E-state index in [-0.39, 0.29) is 19.6 Å². The first-order chi connectivity index (χ1) is 7.80. The normalized spacial score (nSPS) is 21.7. The van der Waals surface area contributed by atoms with Crippen LogP contribution in [0.1, 0.15) is 20.3 Å². The summed E-state index contributed by atoms with van der Waals surface area (Å²) >= 11 is 0. The van der Waals surface area contributed by atoms with Crippen molar-refractivity contribution in [2.45, 2.75) is 25.5 Å². The van der Waals surface area contributed by atoms with Gasteiger partial charge < -0.3 is 9.47 Å². The maximum atomic E-state index is 11.7. The van der Waals surface area contributed by atoms with Crippen molar-refractivity contribution in [2.24, 2.45) is 5.41 Å². The Hall–Kier alpha value is -1.11. The number of carbonyl (C=O) groups excluding carboxylic acids is 2. The highest BCUT2D eigenvalue weighted by Gasteiger charge is 2.72. The summed E-state index contributed by atoms with van der Waals surface area (Å²) in [6.45, 7) is 3.37. The van der Waals surface area contributed by atoms with Crippen molar-refractivity contribution >= 4 is 21.8 Å². The molecule has 17 heavy (non-hydrogen) atoms. The van der Waals surface area contributed by atoms with Gasteiger partial charge in [0, 0.05) is 6.26 Å². The van der Waals surface area contributed by atoms with Gasteiger partial charge in [0.05, 0.1) is 18.5 Å². The van der Waals surface area contributed by atoms with Crippen molar-refractivity contribution in [3.63, 3.8) is 0 Å². The molecule has 0 bridgehead atoms. The lowest BCUT2D eigenvalue weighted by atomic mass is 10.1. The summed E-state index contributed by atoms with van der Waals surface area (Å²) in [5.41, 5.74) is -1.64. The maximum absolute atomic E-state index is 11.7. The Morgan fingerprint density at radius 2 is 1.59 bits per heavy atom. The Morgan fingerprint density at radius 1 is 1.18 bits per heavy atom. The number of hydrogen-bond acceptors (Lipinski definition) is 6. The summed E-state index contributed by atoms with van der Waals surface area (Å²) in [6, 6.07) is 0. The molecule has 1 aliphatic rings. The molecule has 0 N–H and O–H groups in total. The van der Waals surface area contributed by atoms with Gasteiger partial charge in [-0.15, -0.1) is 0 Å². The third-order valence-corrected chi connectivity index (χ3v) is 4.30. The summed E-state index contributed by atoms with van der Waals surface area (Å²) in [5.74, 6) is -1.62. The van der Waals surface area contributed by atoms with E-state index in [4.69, 9.17) is 9.47 Å². The molecule has 98 valence electrons. The van der Waals surface area contributed by atoms with Crippen molar-refractivity contribution in [1.82, 2.24) is 0 Å². The topological polar surface area (TPSA) is 86.7 Å². The Bertz CT molecular complexity index is 406.